The Bertz CT molecular complexity index is 659. The fraction of sp³-hybridized carbons (Fsp3) is 0.500. The molecule has 1 unspecified atom stereocenters. The summed E-state index contributed by atoms with van der Waals surface area (Å²) in [5.74, 6) is 2.45. The Labute approximate surface area is 135 Å². The van der Waals surface area contributed by atoms with E-state index in [4.69, 9.17) is 18.7 Å². The summed E-state index contributed by atoms with van der Waals surface area (Å²) in [6.45, 7) is 5.17. The lowest BCUT2D eigenvalue weighted by atomic mass is 10.2. The van der Waals surface area contributed by atoms with Gasteiger partial charge >= 0.3 is 0 Å². The summed E-state index contributed by atoms with van der Waals surface area (Å²) in [6, 6.07) is 5.55. The first-order chi connectivity index (χ1) is 11.2. The number of hydrogen-bond donors (Lipinski definition) is 0. The standard InChI is InChI=1S/C16H21N3O4/c1-11-9-19(6-7-22-11)10-15-17-16(18-23-15)12-4-5-13(20-2)14(8-12)21-3/h4-5,8,11H,6-7,9-10H2,1-3H3. The molecule has 1 aliphatic heterocycles. The smallest absolute Gasteiger partial charge is 0.241 e. The Morgan fingerprint density at radius 1 is 1.26 bits per heavy atom. The molecule has 0 N–H and O–H groups in total. The summed E-state index contributed by atoms with van der Waals surface area (Å²) in [5, 5.41) is 4.06. The van der Waals surface area contributed by atoms with Gasteiger partial charge in [-0.3, -0.25) is 4.90 Å². The number of morpholine rings is 1. The summed E-state index contributed by atoms with van der Waals surface area (Å²) in [5.41, 5.74) is 0.827. The highest BCUT2D eigenvalue weighted by molar-refractivity contribution is 5.60. The molecular formula is C16H21N3O4. The second-order valence-corrected chi connectivity index (χ2v) is 5.50. The van der Waals surface area contributed by atoms with E-state index in [0.29, 0.717) is 29.8 Å². The average Bonchev–Trinajstić information content (AvgIpc) is 3.02. The van der Waals surface area contributed by atoms with E-state index in [1.54, 1.807) is 14.2 Å². The summed E-state index contributed by atoms with van der Waals surface area (Å²) < 4.78 is 21.4. The fourth-order valence-corrected chi connectivity index (χ4v) is 2.64. The normalized spacial score (nSPS) is 18.8. The van der Waals surface area contributed by atoms with Crippen LogP contribution in [0.15, 0.2) is 22.7 Å². The van der Waals surface area contributed by atoms with E-state index >= 15 is 0 Å². The highest BCUT2D eigenvalue weighted by atomic mass is 16.5. The molecule has 1 saturated heterocycles. The molecule has 124 valence electrons. The summed E-state index contributed by atoms with van der Waals surface area (Å²) in [4.78, 5) is 6.72. The molecule has 1 aromatic heterocycles. The first kappa shape index (κ1) is 15.8. The number of rotatable bonds is 5. The lowest BCUT2D eigenvalue weighted by molar-refractivity contribution is -0.0240. The third-order valence-electron chi connectivity index (χ3n) is 3.79. The van der Waals surface area contributed by atoms with Crippen molar-refractivity contribution in [2.75, 3.05) is 33.9 Å². The SMILES string of the molecule is COc1ccc(-c2noc(CN3CCOC(C)C3)n2)cc1OC. The van der Waals surface area contributed by atoms with Gasteiger partial charge in [-0.1, -0.05) is 5.16 Å². The summed E-state index contributed by atoms with van der Waals surface area (Å²) in [7, 11) is 3.20. The van der Waals surface area contributed by atoms with Gasteiger partial charge in [0.15, 0.2) is 11.5 Å². The van der Waals surface area contributed by atoms with Crippen molar-refractivity contribution in [3.8, 4) is 22.9 Å². The first-order valence-corrected chi connectivity index (χ1v) is 7.58. The van der Waals surface area contributed by atoms with E-state index in [9.17, 15) is 0 Å². The second-order valence-electron chi connectivity index (χ2n) is 5.50. The molecule has 0 aliphatic carbocycles. The van der Waals surface area contributed by atoms with Crippen molar-refractivity contribution in [2.24, 2.45) is 0 Å². The van der Waals surface area contributed by atoms with Crippen LogP contribution in [0.5, 0.6) is 11.5 Å². The molecule has 1 aliphatic rings. The highest BCUT2D eigenvalue weighted by Crippen LogP contribution is 2.31. The zero-order valence-corrected chi connectivity index (χ0v) is 13.6. The van der Waals surface area contributed by atoms with Gasteiger partial charge in [-0.05, 0) is 25.1 Å². The van der Waals surface area contributed by atoms with E-state index < -0.39 is 0 Å². The van der Waals surface area contributed by atoms with Crippen molar-refractivity contribution < 1.29 is 18.7 Å². The number of nitrogens with zero attached hydrogens (tertiary/aromatic N) is 3. The fourth-order valence-electron chi connectivity index (χ4n) is 2.64. The van der Waals surface area contributed by atoms with Crippen LogP contribution in [0.4, 0.5) is 0 Å². The van der Waals surface area contributed by atoms with Crippen molar-refractivity contribution >= 4 is 0 Å². The lowest BCUT2D eigenvalue weighted by Gasteiger charge is -2.29. The molecule has 0 bridgehead atoms. The lowest BCUT2D eigenvalue weighted by Crippen LogP contribution is -2.40. The molecule has 7 nitrogen and oxygen atoms in total. The van der Waals surface area contributed by atoms with Gasteiger partial charge in [0.05, 0.1) is 33.5 Å². The van der Waals surface area contributed by atoms with Gasteiger partial charge in [0.2, 0.25) is 11.7 Å². The maximum absolute atomic E-state index is 5.53. The van der Waals surface area contributed by atoms with E-state index in [1.165, 1.54) is 0 Å². The molecule has 0 saturated carbocycles. The molecule has 23 heavy (non-hydrogen) atoms. The molecule has 7 heteroatoms. The van der Waals surface area contributed by atoms with Crippen molar-refractivity contribution in [1.82, 2.24) is 15.0 Å². The van der Waals surface area contributed by atoms with Gasteiger partial charge < -0.3 is 18.7 Å². The largest absolute Gasteiger partial charge is 0.493 e. The molecule has 3 rings (SSSR count). The van der Waals surface area contributed by atoms with Crippen LogP contribution in [-0.4, -0.2) is 55.1 Å². The predicted octanol–water partition coefficient (Wildman–Crippen LogP) is 1.97. The van der Waals surface area contributed by atoms with Gasteiger partial charge in [0.25, 0.3) is 0 Å². The van der Waals surface area contributed by atoms with Gasteiger partial charge in [0.1, 0.15) is 0 Å². The number of aromatic nitrogens is 2. The predicted molar refractivity (Wildman–Crippen MR) is 83.5 cm³/mol. The van der Waals surface area contributed by atoms with Gasteiger partial charge in [-0.25, -0.2) is 0 Å². The number of methoxy groups -OCH3 is 2. The third-order valence-corrected chi connectivity index (χ3v) is 3.79. The maximum Gasteiger partial charge on any atom is 0.241 e. The first-order valence-electron chi connectivity index (χ1n) is 7.58. The Balaban J connectivity index is 1.74. The number of benzene rings is 1. The Hall–Kier alpha value is -2.12. The van der Waals surface area contributed by atoms with Crippen LogP contribution in [0.3, 0.4) is 0 Å². The zero-order chi connectivity index (χ0) is 16.2. The molecule has 0 spiro atoms. The van der Waals surface area contributed by atoms with Gasteiger partial charge in [-0.15, -0.1) is 0 Å². The van der Waals surface area contributed by atoms with Crippen molar-refractivity contribution in [3.05, 3.63) is 24.1 Å². The van der Waals surface area contributed by atoms with Crippen LogP contribution < -0.4 is 9.47 Å². The zero-order valence-electron chi connectivity index (χ0n) is 13.6. The Morgan fingerprint density at radius 3 is 2.83 bits per heavy atom. The minimum Gasteiger partial charge on any atom is -0.493 e. The van der Waals surface area contributed by atoms with Crippen LogP contribution in [-0.2, 0) is 11.3 Å². The third kappa shape index (κ3) is 3.62. The summed E-state index contributed by atoms with van der Waals surface area (Å²) >= 11 is 0. The molecule has 1 atom stereocenters. The van der Waals surface area contributed by atoms with Crippen molar-refractivity contribution in [2.45, 2.75) is 19.6 Å². The van der Waals surface area contributed by atoms with Crippen molar-refractivity contribution in [3.63, 3.8) is 0 Å². The molecule has 0 amide bonds. The quantitative estimate of drug-likeness (QED) is 0.834. The van der Waals surface area contributed by atoms with E-state index in [-0.39, 0.29) is 6.10 Å². The van der Waals surface area contributed by atoms with Gasteiger partial charge in [-0.2, -0.15) is 4.98 Å². The molecule has 1 fully saturated rings. The summed E-state index contributed by atoms with van der Waals surface area (Å²) in [6.07, 6.45) is 0.233. The van der Waals surface area contributed by atoms with E-state index in [2.05, 4.69) is 22.0 Å². The van der Waals surface area contributed by atoms with Crippen LogP contribution in [0.1, 0.15) is 12.8 Å². The average molecular weight is 319 g/mol. The second kappa shape index (κ2) is 6.97. The van der Waals surface area contributed by atoms with Crippen LogP contribution >= 0.6 is 0 Å². The molecular weight excluding hydrogens is 298 g/mol. The van der Waals surface area contributed by atoms with Crippen LogP contribution in [0.2, 0.25) is 0 Å². The number of hydrogen-bond acceptors (Lipinski definition) is 7. The Morgan fingerprint density at radius 2 is 2.09 bits per heavy atom. The molecule has 0 radical (unpaired) electrons. The monoisotopic (exact) mass is 319 g/mol. The van der Waals surface area contributed by atoms with Crippen LogP contribution in [0, 0.1) is 0 Å². The van der Waals surface area contributed by atoms with Crippen LogP contribution in [0.25, 0.3) is 11.4 Å². The minimum atomic E-state index is 0.233. The maximum atomic E-state index is 5.53. The van der Waals surface area contributed by atoms with E-state index in [0.717, 1.165) is 25.3 Å². The topological polar surface area (TPSA) is 69.9 Å². The van der Waals surface area contributed by atoms with Gasteiger partial charge in [0, 0.05) is 18.7 Å². The number of ether oxygens (including phenoxy) is 3. The van der Waals surface area contributed by atoms with Crippen molar-refractivity contribution in [1.29, 1.82) is 0 Å². The molecule has 2 aromatic rings. The minimum absolute atomic E-state index is 0.233. The highest BCUT2D eigenvalue weighted by Gasteiger charge is 2.19. The molecule has 2 heterocycles. The molecule has 1 aromatic carbocycles. The van der Waals surface area contributed by atoms with E-state index in [1.807, 2.05) is 18.2 Å². The Kier molecular flexibility index (Phi) is 4.78.